The number of aromatic amines is 1. The van der Waals surface area contributed by atoms with Crippen molar-refractivity contribution < 1.29 is 4.79 Å². The summed E-state index contributed by atoms with van der Waals surface area (Å²) in [6, 6.07) is 7.52. The van der Waals surface area contributed by atoms with E-state index in [-0.39, 0.29) is 11.8 Å². The zero-order valence-corrected chi connectivity index (χ0v) is 10.1. The molecule has 0 radical (unpaired) electrons. The summed E-state index contributed by atoms with van der Waals surface area (Å²) in [5.74, 6) is -0.0551. The van der Waals surface area contributed by atoms with Gasteiger partial charge >= 0.3 is 0 Å². The molecule has 2 aromatic rings. The Labute approximate surface area is 105 Å². The highest BCUT2D eigenvalue weighted by atomic mass is 16.1. The first-order valence-electron chi connectivity index (χ1n) is 5.85. The normalized spacial score (nSPS) is 12.3. The molecule has 1 aromatic heterocycles. The van der Waals surface area contributed by atoms with Gasteiger partial charge in [0.05, 0.1) is 5.92 Å². The van der Waals surface area contributed by atoms with Crippen molar-refractivity contribution in [2.75, 3.05) is 0 Å². The van der Waals surface area contributed by atoms with E-state index in [9.17, 15) is 4.79 Å². The fourth-order valence-corrected chi connectivity index (χ4v) is 1.94. The second kappa shape index (κ2) is 5.39. The van der Waals surface area contributed by atoms with E-state index in [1.807, 2.05) is 31.2 Å². The van der Waals surface area contributed by atoms with Crippen LogP contribution in [0.15, 0.2) is 24.3 Å². The molecule has 0 bridgehead atoms. The third-order valence-electron chi connectivity index (χ3n) is 2.81. The standard InChI is InChI=1S/C12H15N5O/c1-2-4-10(11(13)18)8-5-3-6-9(7-8)12-14-16-17-15-12/h3,5-7,10H,2,4H2,1H3,(H2,13,18)(H,14,15,16,17)/t10-/m1/s1. The summed E-state index contributed by atoms with van der Waals surface area (Å²) in [5, 5.41) is 13.7. The number of aromatic nitrogens is 4. The Morgan fingerprint density at radius 2 is 2.33 bits per heavy atom. The van der Waals surface area contributed by atoms with Crippen molar-refractivity contribution in [3.05, 3.63) is 29.8 Å². The minimum Gasteiger partial charge on any atom is -0.369 e. The van der Waals surface area contributed by atoms with E-state index in [0.717, 1.165) is 24.0 Å². The van der Waals surface area contributed by atoms with E-state index in [1.54, 1.807) is 0 Å². The third-order valence-corrected chi connectivity index (χ3v) is 2.81. The summed E-state index contributed by atoms with van der Waals surface area (Å²) in [6.45, 7) is 2.03. The summed E-state index contributed by atoms with van der Waals surface area (Å²) < 4.78 is 0. The number of primary amides is 1. The topological polar surface area (TPSA) is 97.5 Å². The van der Waals surface area contributed by atoms with Crippen molar-refractivity contribution in [3.8, 4) is 11.4 Å². The molecule has 0 saturated heterocycles. The molecule has 0 aliphatic rings. The van der Waals surface area contributed by atoms with Gasteiger partial charge in [-0.25, -0.2) is 0 Å². The van der Waals surface area contributed by atoms with Gasteiger partial charge in [0.15, 0.2) is 0 Å². The maximum absolute atomic E-state index is 11.5. The van der Waals surface area contributed by atoms with Crippen molar-refractivity contribution in [2.24, 2.45) is 5.73 Å². The number of hydrogen-bond acceptors (Lipinski definition) is 4. The van der Waals surface area contributed by atoms with Gasteiger partial charge < -0.3 is 5.73 Å². The van der Waals surface area contributed by atoms with Gasteiger partial charge in [-0.2, -0.15) is 5.21 Å². The van der Waals surface area contributed by atoms with Gasteiger partial charge in [0, 0.05) is 5.56 Å². The Hall–Kier alpha value is -2.24. The predicted molar refractivity (Wildman–Crippen MR) is 66.5 cm³/mol. The molecule has 0 unspecified atom stereocenters. The van der Waals surface area contributed by atoms with Gasteiger partial charge in [-0.15, -0.1) is 10.2 Å². The summed E-state index contributed by atoms with van der Waals surface area (Å²) in [5.41, 5.74) is 7.15. The van der Waals surface area contributed by atoms with Crippen LogP contribution in [-0.4, -0.2) is 26.5 Å². The van der Waals surface area contributed by atoms with Crippen LogP contribution < -0.4 is 5.73 Å². The van der Waals surface area contributed by atoms with Crippen LogP contribution in [0.3, 0.4) is 0 Å². The van der Waals surface area contributed by atoms with Crippen molar-refractivity contribution in [1.82, 2.24) is 20.6 Å². The van der Waals surface area contributed by atoms with Gasteiger partial charge in [0.1, 0.15) is 0 Å². The lowest BCUT2D eigenvalue weighted by atomic mass is 9.92. The fourth-order valence-electron chi connectivity index (χ4n) is 1.94. The number of tetrazole rings is 1. The Bertz CT molecular complexity index is 523. The molecular formula is C12H15N5O. The quantitative estimate of drug-likeness (QED) is 0.827. The second-order valence-electron chi connectivity index (χ2n) is 4.10. The molecule has 0 spiro atoms. The van der Waals surface area contributed by atoms with Crippen LogP contribution in [0.25, 0.3) is 11.4 Å². The molecule has 0 aliphatic carbocycles. The van der Waals surface area contributed by atoms with Crippen LogP contribution in [0.5, 0.6) is 0 Å². The number of benzene rings is 1. The number of amides is 1. The van der Waals surface area contributed by atoms with Crippen molar-refractivity contribution in [2.45, 2.75) is 25.7 Å². The maximum atomic E-state index is 11.5. The number of nitrogens with zero attached hydrogens (tertiary/aromatic N) is 3. The number of hydrogen-bond donors (Lipinski definition) is 2. The molecular weight excluding hydrogens is 230 g/mol. The average Bonchev–Trinajstić information content (AvgIpc) is 2.89. The predicted octanol–water partition coefficient (Wildman–Crippen LogP) is 1.24. The van der Waals surface area contributed by atoms with E-state index >= 15 is 0 Å². The van der Waals surface area contributed by atoms with Crippen LogP contribution in [-0.2, 0) is 4.79 Å². The van der Waals surface area contributed by atoms with Crippen molar-refractivity contribution >= 4 is 5.91 Å². The minimum absolute atomic E-state index is 0.262. The summed E-state index contributed by atoms with van der Waals surface area (Å²) >= 11 is 0. The van der Waals surface area contributed by atoms with Crippen LogP contribution in [0.4, 0.5) is 0 Å². The first kappa shape index (κ1) is 12.2. The van der Waals surface area contributed by atoms with Gasteiger partial charge in [0.25, 0.3) is 0 Å². The number of carbonyl (C=O) groups excluding carboxylic acids is 1. The Kier molecular flexibility index (Phi) is 3.66. The van der Waals surface area contributed by atoms with Gasteiger partial charge in [0.2, 0.25) is 11.7 Å². The molecule has 0 saturated carbocycles. The molecule has 2 rings (SSSR count). The molecule has 18 heavy (non-hydrogen) atoms. The number of nitrogens with one attached hydrogen (secondary N) is 1. The molecule has 6 heteroatoms. The Morgan fingerprint density at radius 1 is 1.50 bits per heavy atom. The first-order valence-corrected chi connectivity index (χ1v) is 5.85. The second-order valence-corrected chi connectivity index (χ2v) is 4.10. The number of rotatable bonds is 5. The lowest BCUT2D eigenvalue weighted by Crippen LogP contribution is -2.21. The van der Waals surface area contributed by atoms with Gasteiger partial charge in [-0.3, -0.25) is 4.79 Å². The molecule has 1 amide bonds. The van der Waals surface area contributed by atoms with E-state index in [2.05, 4.69) is 20.6 Å². The fraction of sp³-hybridized carbons (Fsp3) is 0.333. The minimum atomic E-state index is -0.304. The molecule has 1 atom stereocenters. The molecule has 0 aliphatic heterocycles. The van der Waals surface area contributed by atoms with Gasteiger partial charge in [-0.1, -0.05) is 31.5 Å². The van der Waals surface area contributed by atoms with Crippen LogP contribution in [0.1, 0.15) is 31.2 Å². The molecule has 6 nitrogen and oxygen atoms in total. The summed E-state index contributed by atoms with van der Waals surface area (Å²) in [4.78, 5) is 11.5. The highest BCUT2D eigenvalue weighted by Gasteiger charge is 2.17. The third kappa shape index (κ3) is 2.53. The monoisotopic (exact) mass is 245 g/mol. The molecule has 0 fully saturated rings. The molecule has 94 valence electrons. The molecule has 3 N–H and O–H groups in total. The highest BCUT2D eigenvalue weighted by molar-refractivity contribution is 5.82. The largest absolute Gasteiger partial charge is 0.369 e. The molecule has 1 heterocycles. The average molecular weight is 245 g/mol. The van der Waals surface area contributed by atoms with Crippen molar-refractivity contribution in [1.29, 1.82) is 0 Å². The zero-order valence-electron chi connectivity index (χ0n) is 10.1. The Morgan fingerprint density at radius 3 is 2.94 bits per heavy atom. The maximum Gasteiger partial charge on any atom is 0.224 e. The number of H-pyrrole nitrogens is 1. The van der Waals surface area contributed by atoms with E-state index in [0.29, 0.717) is 5.82 Å². The highest BCUT2D eigenvalue weighted by Crippen LogP contribution is 2.24. The van der Waals surface area contributed by atoms with E-state index in [1.165, 1.54) is 0 Å². The van der Waals surface area contributed by atoms with Crippen LogP contribution in [0.2, 0.25) is 0 Å². The van der Waals surface area contributed by atoms with E-state index in [4.69, 9.17) is 5.73 Å². The smallest absolute Gasteiger partial charge is 0.224 e. The van der Waals surface area contributed by atoms with Crippen molar-refractivity contribution in [3.63, 3.8) is 0 Å². The van der Waals surface area contributed by atoms with Crippen LogP contribution >= 0.6 is 0 Å². The Balaban J connectivity index is 2.34. The van der Waals surface area contributed by atoms with Crippen LogP contribution in [0, 0.1) is 0 Å². The zero-order chi connectivity index (χ0) is 13.0. The SMILES string of the molecule is CCC[C@@H](C(N)=O)c1cccc(-c2nn[nH]n2)c1. The lowest BCUT2D eigenvalue weighted by Gasteiger charge is -2.13. The summed E-state index contributed by atoms with van der Waals surface area (Å²) in [6.07, 6.45) is 1.64. The first-order chi connectivity index (χ1) is 8.72. The summed E-state index contributed by atoms with van der Waals surface area (Å²) in [7, 11) is 0. The molecule has 1 aromatic carbocycles. The van der Waals surface area contributed by atoms with Gasteiger partial charge in [-0.05, 0) is 23.3 Å². The number of nitrogens with two attached hydrogens (primary N) is 1. The lowest BCUT2D eigenvalue weighted by molar-refractivity contribution is -0.119. The van der Waals surface area contributed by atoms with E-state index < -0.39 is 0 Å². The number of carbonyl (C=O) groups is 1.